The Balaban J connectivity index is 1.45. The first kappa shape index (κ1) is 27.9. The molecule has 40 heavy (non-hydrogen) atoms. The summed E-state index contributed by atoms with van der Waals surface area (Å²) in [6, 6.07) is 15.7. The number of aromatic nitrogens is 2. The molecule has 0 aliphatic rings. The van der Waals surface area contributed by atoms with E-state index in [-0.39, 0.29) is 12.4 Å². The average Bonchev–Trinajstić information content (AvgIpc) is 2.96. The highest BCUT2D eigenvalue weighted by Gasteiger charge is 2.13. The van der Waals surface area contributed by atoms with E-state index >= 15 is 0 Å². The highest BCUT2D eigenvalue weighted by atomic mass is 19.1. The summed E-state index contributed by atoms with van der Waals surface area (Å²) in [7, 11) is 3.26. The minimum atomic E-state index is -0.289. The maximum atomic E-state index is 13.5. The number of ether oxygens (including phenoxy) is 3. The smallest absolute Gasteiger partial charge is 0.209 e. The molecule has 0 radical (unpaired) electrons. The maximum absolute atomic E-state index is 13.5. The molecule has 0 fully saturated rings. The Kier molecular flexibility index (Phi) is 9.50. The van der Waals surface area contributed by atoms with Crippen LogP contribution in [0.2, 0.25) is 0 Å². The van der Waals surface area contributed by atoms with Crippen LogP contribution in [0.1, 0.15) is 17.5 Å². The molecule has 0 saturated heterocycles. The van der Waals surface area contributed by atoms with Gasteiger partial charge in [0, 0.05) is 30.7 Å². The highest BCUT2D eigenvalue weighted by Crippen LogP contribution is 2.35. The maximum Gasteiger partial charge on any atom is 0.209 e. The fraction of sp³-hybridized carbons (Fsp3) is 0.241. The summed E-state index contributed by atoms with van der Waals surface area (Å²) >= 11 is 0. The zero-order valence-corrected chi connectivity index (χ0v) is 22.5. The lowest BCUT2D eigenvalue weighted by atomic mass is 10.1. The molecular formula is C29H30FN7O3. The van der Waals surface area contributed by atoms with E-state index < -0.39 is 0 Å². The molecule has 3 N–H and O–H groups in total. The zero-order chi connectivity index (χ0) is 28.3. The van der Waals surface area contributed by atoms with Crippen LogP contribution in [0.25, 0.3) is 10.9 Å². The number of halogens is 1. The van der Waals surface area contributed by atoms with Gasteiger partial charge in [-0.25, -0.2) is 14.4 Å². The van der Waals surface area contributed by atoms with Crippen molar-refractivity contribution >= 4 is 28.4 Å². The summed E-state index contributed by atoms with van der Waals surface area (Å²) in [4.78, 5) is 12.5. The first-order chi connectivity index (χ1) is 19.5. The van der Waals surface area contributed by atoms with Crippen LogP contribution in [0.5, 0.6) is 17.2 Å². The van der Waals surface area contributed by atoms with Gasteiger partial charge in [0.25, 0.3) is 0 Å². The largest absolute Gasteiger partial charge is 0.493 e. The summed E-state index contributed by atoms with van der Waals surface area (Å²) in [5.41, 5.74) is 3.19. The molecule has 0 saturated carbocycles. The number of aliphatic imine (C=N–C) groups is 1. The standard InChI is InChI=1S/C29H30FN7O3/c1-19-12-22(8-9-25(19)40-16-20-6-4-7-21(30)13-20)37-28-23-14-27(26(38-3)15-24(23)35-18-36-28)39-11-5-10-33-29(32-2)34-17-31/h4,6-9,12-15,18H,5,10-11,16H2,1-3H3,(H2,32,33,34)(H,35,36,37). The van der Waals surface area contributed by atoms with E-state index in [0.717, 1.165) is 22.2 Å². The van der Waals surface area contributed by atoms with E-state index in [1.807, 2.05) is 43.3 Å². The summed E-state index contributed by atoms with van der Waals surface area (Å²) in [6.07, 6.45) is 3.89. The van der Waals surface area contributed by atoms with Gasteiger partial charge < -0.3 is 30.2 Å². The van der Waals surface area contributed by atoms with Gasteiger partial charge in [-0.05, 0) is 60.9 Å². The average molecular weight is 544 g/mol. The van der Waals surface area contributed by atoms with E-state index in [9.17, 15) is 4.39 Å². The first-order valence-electron chi connectivity index (χ1n) is 12.6. The van der Waals surface area contributed by atoms with Crippen LogP contribution in [0.4, 0.5) is 15.9 Å². The van der Waals surface area contributed by atoms with Gasteiger partial charge >= 0.3 is 0 Å². The molecule has 4 rings (SSSR count). The van der Waals surface area contributed by atoms with Gasteiger partial charge in [0.1, 0.15) is 30.3 Å². The Morgan fingerprint density at radius 3 is 2.67 bits per heavy atom. The molecule has 0 unspecified atom stereocenters. The molecule has 0 atom stereocenters. The topological polar surface area (TPSA) is 126 Å². The van der Waals surface area contributed by atoms with Crippen LogP contribution in [0.3, 0.4) is 0 Å². The van der Waals surface area contributed by atoms with E-state index in [0.29, 0.717) is 54.1 Å². The van der Waals surface area contributed by atoms with Crippen molar-refractivity contribution in [2.75, 3.05) is 32.6 Å². The molecule has 0 aliphatic heterocycles. The molecule has 1 aromatic heterocycles. The Morgan fingerprint density at radius 1 is 1.05 bits per heavy atom. The summed E-state index contributed by atoms with van der Waals surface area (Å²) in [6.45, 7) is 3.19. The number of nitrogens with zero attached hydrogens (tertiary/aromatic N) is 4. The molecular weight excluding hydrogens is 513 g/mol. The van der Waals surface area contributed by atoms with Gasteiger partial charge in [0.15, 0.2) is 11.5 Å². The van der Waals surface area contributed by atoms with Gasteiger partial charge in [-0.3, -0.25) is 0 Å². The van der Waals surface area contributed by atoms with Gasteiger partial charge in [0.2, 0.25) is 12.2 Å². The van der Waals surface area contributed by atoms with Crippen molar-refractivity contribution in [3.8, 4) is 23.4 Å². The van der Waals surface area contributed by atoms with Crippen LogP contribution < -0.4 is 30.2 Å². The van der Waals surface area contributed by atoms with Crippen LogP contribution in [0, 0.1) is 24.2 Å². The summed E-state index contributed by atoms with van der Waals surface area (Å²) in [5.74, 6) is 2.55. The fourth-order valence-corrected chi connectivity index (χ4v) is 3.94. The van der Waals surface area contributed by atoms with Crippen molar-refractivity contribution in [1.29, 1.82) is 5.26 Å². The highest BCUT2D eigenvalue weighted by molar-refractivity contribution is 5.93. The van der Waals surface area contributed by atoms with Crippen molar-refractivity contribution in [3.05, 3.63) is 77.9 Å². The van der Waals surface area contributed by atoms with Gasteiger partial charge in [0.05, 0.1) is 19.2 Å². The van der Waals surface area contributed by atoms with Crippen LogP contribution in [-0.4, -0.2) is 43.2 Å². The molecule has 206 valence electrons. The molecule has 0 bridgehead atoms. The number of methoxy groups -OCH3 is 1. The molecule has 4 aromatic rings. The Labute approximate surface area is 231 Å². The number of anilines is 2. The molecule has 1 heterocycles. The van der Waals surface area contributed by atoms with E-state index in [1.165, 1.54) is 18.5 Å². The summed E-state index contributed by atoms with van der Waals surface area (Å²) < 4.78 is 30.9. The molecule has 0 amide bonds. The number of nitriles is 1. The number of guanidine groups is 1. The third kappa shape index (κ3) is 7.26. The number of nitrogens with one attached hydrogen (secondary N) is 3. The Hall–Kier alpha value is -5.11. The predicted octanol–water partition coefficient (Wildman–Crippen LogP) is 4.82. The molecule has 10 nitrogen and oxygen atoms in total. The number of hydrogen-bond donors (Lipinski definition) is 3. The number of fused-ring (bicyclic) bond motifs is 1. The fourth-order valence-electron chi connectivity index (χ4n) is 3.94. The Bertz CT molecular complexity index is 1540. The van der Waals surface area contributed by atoms with E-state index in [1.54, 1.807) is 26.4 Å². The van der Waals surface area contributed by atoms with Gasteiger partial charge in [-0.2, -0.15) is 5.26 Å². The molecule has 11 heteroatoms. The lowest BCUT2D eigenvalue weighted by Gasteiger charge is -2.15. The second-order valence-corrected chi connectivity index (χ2v) is 8.71. The van der Waals surface area contributed by atoms with Gasteiger partial charge in [-0.1, -0.05) is 12.1 Å². The van der Waals surface area contributed by atoms with Crippen LogP contribution >= 0.6 is 0 Å². The normalized spacial score (nSPS) is 11.0. The molecule has 3 aromatic carbocycles. The lowest BCUT2D eigenvalue weighted by molar-refractivity contribution is 0.290. The molecule has 0 aliphatic carbocycles. The van der Waals surface area contributed by atoms with Crippen molar-refractivity contribution in [2.45, 2.75) is 20.0 Å². The minimum Gasteiger partial charge on any atom is -0.493 e. The SMILES string of the molecule is CN/C(=N/C#N)NCCCOc1cc2c(Nc3ccc(OCc4cccc(F)c4)c(C)c3)ncnc2cc1OC. The third-order valence-corrected chi connectivity index (χ3v) is 5.91. The van der Waals surface area contributed by atoms with Crippen LogP contribution in [0.15, 0.2) is 65.9 Å². The lowest BCUT2D eigenvalue weighted by Crippen LogP contribution is -2.35. The molecule has 0 spiro atoms. The summed E-state index contributed by atoms with van der Waals surface area (Å²) in [5, 5.41) is 18.6. The second kappa shape index (κ2) is 13.6. The monoisotopic (exact) mass is 543 g/mol. The number of rotatable bonds is 11. The van der Waals surface area contributed by atoms with Crippen molar-refractivity contribution in [3.63, 3.8) is 0 Å². The number of benzene rings is 3. The van der Waals surface area contributed by atoms with Crippen molar-refractivity contribution in [2.24, 2.45) is 4.99 Å². The number of hydrogen-bond acceptors (Lipinski definition) is 8. The van der Waals surface area contributed by atoms with E-state index in [4.69, 9.17) is 19.5 Å². The van der Waals surface area contributed by atoms with Gasteiger partial charge in [-0.15, -0.1) is 4.99 Å². The third-order valence-electron chi connectivity index (χ3n) is 5.91. The quantitative estimate of drug-likeness (QED) is 0.106. The Morgan fingerprint density at radius 2 is 1.93 bits per heavy atom. The van der Waals surface area contributed by atoms with E-state index in [2.05, 4.69) is 30.9 Å². The second-order valence-electron chi connectivity index (χ2n) is 8.71. The number of aryl methyl sites for hydroxylation is 1. The van der Waals surface area contributed by atoms with Crippen molar-refractivity contribution < 1.29 is 18.6 Å². The van der Waals surface area contributed by atoms with Crippen LogP contribution in [-0.2, 0) is 6.61 Å². The zero-order valence-electron chi connectivity index (χ0n) is 22.5. The van der Waals surface area contributed by atoms with Crippen molar-refractivity contribution in [1.82, 2.24) is 20.6 Å². The first-order valence-corrected chi connectivity index (χ1v) is 12.6. The minimum absolute atomic E-state index is 0.271. The predicted molar refractivity (Wildman–Crippen MR) is 152 cm³/mol.